The zero-order valence-electron chi connectivity index (χ0n) is 10.6. The molecule has 1 rings (SSSR count). The van der Waals surface area contributed by atoms with Gasteiger partial charge in [-0.15, -0.1) is 0 Å². The van der Waals surface area contributed by atoms with Crippen LogP contribution in [0.4, 0.5) is 0 Å². The van der Waals surface area contributed by atoms with E-state index >= 15 is 0 Å². The Morgan fingerprint density at radius 2 is 1.94 bits per heavy atom. The molecule has 0 aliphatic carbocycles. The van der Waals surface area contributed by atoms with Gasteiger partial charge >= 0.3 is 0 Å². The molecule has 0 heterocycles. The van der Waals surface area contributed by atoms with Crippen molar-refractivity contribution in [1.29, 1.82) is 0 Å². The monoisotopic (exact) mass is 238 g/mol. The van der Waals surface area contributed by atoms with Crippen LogP contribution in [0.1, 0.15) is 31.4 Å². The molecule has 0 aromatic heterocycles. The van der Waals surface area contributed by atoms with Gasteiger partial charge < -0.3 is 9.47 Å². The Labute approximate surface area is 103 Å². The lowest BCUT2D eigenvalue weighted by molar-refractivity contribution is 0.183. The van der Waals surface area contributed by atoms with Crippen molar-refractivity contribution in [3.8, 4) is 5.75 Å². The summed E-state index contributed by atoms with van der Waals surface area (Å²) in [6.07, 6.45) is 1.87. The van der Waals surface area contributed by atoms with Crippen molar-refractivity contribution in [2.24, 2.45) is 5.84 Å². The van der Waals surface area contributed by atoms with Gasteiger partial charge in [-0.2, -0.15) is 0 Å². The van der Waals surface area contributed by atoms with Crippen molar-refractivity contribution in [3.05, 3.63) is 29.8 Å². The number of nitrogens with two attached hydrogens (primary N) is 1. The summed E-state index contributed by atoms with van der Waals surface area (Å²) in [5.74, 6) is 6.43. The molecule has 1 aromatic rings. The average molecular weight is 238 g/mol. The van der Waals surface area contributed by atoms with E-state index in [1.165, 1.54) is 0 Å². The molecule has 0 saturated heterocycles. The molecule has 0 aliphatic heterocycles. The summed E-state index contributed by atoms with van der Waals surface area (Å²) in [6, 6.07) is 8.14. The molecular weight excluding hydrogens is 216 g/mol. The lowest BCUT2D eigenvalue weighted by Crippen LogP contribution is -2.28. The maximum atomic E-state index is 5.53. The van der Waals surface area contributed by atoms with Crippen LogP contribution in [-0.4, -0.2) is 20.3 Å². The molecule has 1 atom stereocenters. The molecule has 4 heteroatoms. The van der Waals surface area contributed by atoms with Crippen molar-refractivity contribution in [3.63, 3.8) is 0 Å². The van der Waals surface area contributed by atoms with Crippen molar-refractivity contribution in [2.45, 2.75) is 25.8 Å². The quantitative estimate of drug-likeness (QED) is 0.537. The fourth-order valence-electron chi connectivity index (χ4n) is 1.60. The van der Waals surface area contributed by atoms with Crippen LogP contribution in [0.5, 0.6) is 5.75 Å². The highest BCUT2D eigenvalue weighted by molar-refractivity contribution is 5.29. The van der Waals surface area contributed by atoms with Crippen LogP contribution in [0.2, 0.25) is 0 Å². The minimum absolute atomic E-state index is 0.121. The average Bonchev–Trinajstić information content (AvgIpc) is 2.38. The van der Waals surface area contributed by atoms with Crippen LogP contribution in [0, 0.1) is 0 Å². The van der Waals surface area contributed by atoms with Gasteiger partial charge in [-0.25, -0.2) is 0 Å². The van der Waals surface area contributed by atoms with E-state index in [4.69, 9.17) is 15.3 Å². The molecule has 17 heavy (non-hydrogen) atoms. The first kappa shape index (κ1) is 14.0. The number of hydrogen-bond donors (Lipinski definition) is 2. The molecule has 3 N–H and O–H groups in total. The molecule has 0 spiro atoms. The molecule has 0 saturated carbocycles. The lowest BCUT2D eigenvalue weighted by atomic mass is 10.0. The molecule has 4 nitrogen and oxygen atoms in total. The van der Waals surface area contributed by atoms with Crippen LogP contribution >= 0.6 is 0 Å². The maximum absolute atomic E-state index is 5.53. The number of methoxy groups -OCH3 is 1. The minimum Gasteiger partial charge on any atom is -0.494 e. The molecule has 1 unspecified atom stereocenters. The predicted molar refractivity (Wildman–Crippen MR) is 68.8 cm³/mol. The number of hydrogen-bond acceptors (Lipinski definition) is 4. The summed E-state index contributed by atoms with van der Waals surface area (Å²) in [5, 5.41) is 0. The van der Waals surface area contributed by atoms with Crippen molar-refractivity contribution >= 4 is 0 Å². The Hall–Kier alpha value is -1.10. The number of nitrogens with one attached hydrogen (secondary N) is 1. The lowest BCUT2D eigenvalue weighted by Gasteiger charge is -2.16. The molecule has 0 radical (unpaired) electrons. The largest absolute Gasteiger partial charge is 0.494 e. The minimum atomic E-state index is 0.121. The summed E-state index contributed by atoms with van der Waals surface area (Å²) in [6.45, 7) is 3.53. The molecule has 0 fully saturated rings. The predicted octanol–water partition coefficient (Wildman–Crippen LogP) is 2.02. The first-order chi connectivity index (χ1) is 8.31. The number of benzene rings is 1. The van der Waals surface area contributed by atoms with Gasteiger partial charge in [0.15, 0.2) is 0 Å². The second-order valence-corrected chi connectivity index (χ2v) is 3.92. The highest BCUT2D eigenvalue weighted by Crippen LogP contribution is 2.19. The van der Waals surface area contributed by atoms with Gasteiger partial charge in [0.25, 0.3) is 0 Å². The fraction of sp³-hybridized carbons (Fsp3) is 0.538. The number of ether oxygens (including phenoxy) is 2. The maximum Gasteiger partial charge on any atom is 0.119 e. The molecule has 0 amide bonds. The third-order valence-corrected chi connectivity index (χ3v) is 2.57. The van der Waals surface area contributed by atoms with E-state index < -0.39 is 0 Å². The van der Waals surface area contributed by atoms with Crippen molar-refractivity contribution in [2.75, 3.05) is 20.3 Å². The van der Waals surface area contributed by atoms with Crippen molar-refractivity contribution in [1.82, 2.24) is 5.43 Å². The summed E-state index contributed by atoms with van der Waals surface area (Å²) in [4.78, 5) is 0. The smallest absolute Gasteiger partial charge is 0.119 e. The van der Waals surface area contributed by atoms with Crippen LogP contribution < -0.4 is 16.0 Å². The van der Waals surface area contributed by atoms with Gasteiger partial charge in [-0.05, 0) is 30.5 Å². The zero-order valence-corrected chi connectivity index (χ0v) is 10.6. The van der Waals surface area contributed by atoms with Gasteiger partial charge in [0.2, 0.25) is 0 Å². The summed E-state index contributed by atoms with van der Waals surface area (Å²) in [7, 11) is 1.69. The van der Waals surface area contributed by atoms with Crippen LogP contribution in [0.25, 0.3) is 0 Å². The Morgan fingerprint density at radius 3 is 2.47 bits per heavy atom. The first-order valence-electron chi connectivity index (χ1n) is 5.99. The van der Waals surface area contributed by atoms with E-state index in [-0.39, 0.29) is 6.04 Å². The number of rotatable bonds is 8. The van der Waals surface area contributed by atoms with E-state index in [0.29, 0.717) is 6.61 Å². The Balaban J connectivity index is 2.57. The van der Waals surface area contributed by atoms with E-state index in [0.717, 1.165) is 30.8 Å². The van der Waals surface area contributed by atoms with Gasteiger partial charge in [0, 0.05) is 19.8 Å². The van der Waals surface area contributed by atoms with Crippen LogP contribution in [0.3, 0.4) is 0 Å². The standard InChI is InChI=1S/C13H22N2O2/c1-3-9-17-12-6-4-11(5-7-12)13(15-14)8-10-16-2/h4-7,13,15H,3,8-10,14H2,1-2H3. The van der Waals surface area contributed by atoms with E-state index in [1.54, 1.807) is 7.11 Å². The first-order valence-corrected chi connectivity index (χ1v) is 5.99. The Morgan fingerprint density at radius 1 is 1.24 bits per heavy atom. The fourth-order valence-corrected chi connectivity index (χ4v) is 1.60. The van der Waals surface area contributed by atoms with Gasteiger partial charge in [-0.3, -0.25) is 11.3 Å². The molecule has 0 bridgehead atoms. The highest BCUT2D eigenvalue weighted by atomic mass is 16.5. The van der Waals surface area contributed by atoms with E-state index in [2.05, 4.69) is 12.3 Å². The SMILES string of the molecule is CCCOc1ccc(C(CCOC)NN)cc1. The zero-order chi connectivity index (χ0) is 12.5. The van der Waals surface area contributed by atoms with Crippen LogP contribution in [0.15, 0.2) is 24.3 Å². The van der Waals surface area contributed by atoms with Gasteiger partial charge in [0.1, 0.15) is 5.75 Å². The summed E-state index contributed by atoms with van der Waals surface area (Å²) in [5.41, 5.74) is 3.94. The van der Waals surface area contributed by atoms with E-state index in [1.807, 2.05) is 24.3 Å². The third kappa shape index (κ3) is 4.73. The molecule has 0 aliphatic rings. The molecular formula is C13H22N2O2. The van der Waals surface area contributed by atoms with Gasteiger partial charge in [0.05, 0.1) is 6.61 Å². The molecule has 96 valence electrons. The Kier molecular flexibility index (Phi) is 6.62. The second-order valence-electron chi connectivity index (χ2n) is 3.92. The summed E-state index contributed by atoms with van der Waals surface area (Å²) < 4.78 is 10.6. The second kappa shape index (κ2) is 8.06. The topological polar surface area (TPSA) is 56.5 Å². The normalized spacial score (nSPS) is 12.4. The highest BCUT2D eigenvalue weighted by Gasteiger charge is 2.08. The third-order valence-electron chi connectivity index (χ3n) is 2.57. The number of hydrazine groups is 1. The summed E-state index contributed by atoms with van der Waals surface area (Å²) >= 11 is 0. The Bertz CT molecular complexity index is 301. The van der Waals surface area contributed by atoms with Gasteiger partial charge in [-0.1, -0.05) is 19.1 Å². The molecule has 1 aromatic carbocycles. The van der Waals surface area contributed by atoms with Crippen LogP contribution in [-0.2, 0) is 4.74 Å². The van der Waals surface area contributed by atoms with E-state index in [9.17, 15) is 0 Å². The van der Waals surface area contributed by atoms with Crippen molar-refractivity contribution < 1.29 is 9.47 Å².